The maximum absolute atomic E-state index is 11.1. The zero-order chi connectivity index (χ0) is 13.5. The summed E-state index contributed by atoms with van der Waals surface area (Å²) >= 11 is 23.4. The van der Waals surface area contributed by atoms with Crippen molar-refractivity contribution in [3.8, 4) is 0 Å². The van der Waals surface area contributed by atoms with E-state index in [0.717, 1.165) is 0 Å². The molecule has 1 aromatic rings. The van der Waals surface area contributed by atoms with Crippen LogP contribution in [0, 0.1) is 0 Å². The van der Waals surface area contributed by atoms with E-state index in [-0.39, 0.29) is 55.6 Å². The molecule has 0 unspecified atom stereocenters. The molecule has 3 nitrogen and oxygen atoms in total. The van der Waals surface area contributed by atoms with Crippen LogP contribution in [0.2, 0.25) is 20.1 Å². The molecule has 0 fully saturated rings. The molecule has 0 radical (unpaired) electrons. The molecule has 0 spiro atoms. The normalized spacial score (nSPS) is 11.6. The summed E-state index contributed by atoms with van der Waals surface area (Å²) in [5.41, 5.74) is 0.440. The van der Waals surface area contributed by atoms with Crippen molar-refractivity contribution in [2.24, 2.45) is 0 Å². The van der Waals surface area contributed by atoms with E-state index in [9.17, 15) is 8.42 Å². The van der Waals surface area contributed by atoms with Gasteiger partial charge in [0.25, 0.3) is 10.1 Å². The zero-order valence-corrected chi connectivity index (χ0v) is 12.6. The molecule has 0 aromatic heterocycles. The van der Waals surface area contributed by atoms with Gasteiger partial charge in [-0.2, -0.15) is 8.42 Å². The first kappa shape index (κ1) is 19.3. The molecule has 0 saturated carbocycles. The summed E-state index contributed by atoms with van der Waals surface area (Å²) in [7, 11) is -4.58. The molecule has 0 aliphatic rings. The quantitative estimate of drug-likeness (QED) is 0.491. The second kappa shape index (κ2) is 6.83. The maximum atomic E-state index is 11.1. The minimum atomic E-state index is -4.58. The third-order valence-electron chi connectivity index (χ3n) is 2.09. The van der Waals surface area contributed by atoms with Crippen LogP contribution in [-0.4, -0.2) is 42.5 Å². The first-order chi connectivity index (χ1) is 7.59. The van der Waals surface area contributed by atoms with Gasteiger partial charge < -0.3 is 0 Å². The van der Waals surface area contributed by atoms with E-state index >= 15 is 0 Å². The van der Waals surface area contributed by atoms with Crippen molar-refractivity contribution < 1.29 is 13.0 Å². The Balaban J connectivity index is 0.00000289. The molecular weight excluding hydrogens is 353 g/mol. The summed E-state index contributed by atoms with van der Waals surface area (Å²) in [6, 6.07) is 0. The predicted octanol–water partition coefficient (Wildman–Crippen LogP) is 4.02. The van der Waals surface area contributed by atoms with Crippen LogP contribution in [0.5, 0.6) is 0 Å². The number of rotatable bonds is 2. The molecule has 0 heterocycles. The van der Waals surface area contributed by atoms with Crippen LogP contribution < -0.4 is 0 Å². The van der Waals surface area contributed by atoms with Crippen molar-refractivity contribution in [1.82, 2.24) is 0 Å². The average molecular weight is 362 g/mol. The Morgan fingerprint density at radius 3 is 1.50 bits per heavy atom. The van der Waals surface area contributed by atoms with Gasteiger partial charge in [-0.3, -0.25) is 4.55 Å². The third-order valence-corrected chi connectivity index (χ3v) is 4.98. The Bertz CT molecular complexity index is 543. The Labute approximate surface area is 148 Å². The fraction of sp³-hybridized carbons (Fsp3) is 0.333. The molecule has 0 aliphatic carbocycles. The number of hydrogen-bond donors (Lipinski definition) is 1. The van der Waals surface area contributed by atoms with Gasteiger partial charge in [0.1, 0.15) is 4.90 Å². The molecule has 98 valence electrons. The molecule has 0 amide bonds. The zero-order valence-electron chi connectivity index (χ0n) is 8.76. The van der Waals surface area contributed by atoms with E-state index in [1.165, 1.54) is 0 Å². The average Bonchev–Trinajstić information content (AvgIpc) is 2.12. The van der Waals surface area contributed by atoms with E-state index in [0.29, 0.717) is 5.56 Å². The van der Waals surface area contributed by atoms with Gasteiger partial charge in [-0.25, -0.2) is 0 Å². The Kier molecular flexibility index (Phi) is 7.32. The van der Waals surface area contributed by atoms with Crippen molar-refractivity contribution in [2.45, 2.75) is 24.7 Å². The molecular formula is C9H9Cl4NaO3S. The van der Waals surface area contributed by atoms with E-state index in [1.54, 1.807) is 13.8 Å². The van der Waals surface area contributed by atoms with Crippen LogP contribution in [-0.2, 0) is 10.1 Å². The van der Waals surface area contributed by atoms with Crippen LogP contribution in [0.15, 0.2) is 4.90 Å². The monoisotopic (exact) mass is 360 g/mol. The van der Waals surface area contributed by atoms with Gasteiger partial charge in [0, 0.05) is 0 Å². The number of benzene rings is 1. The van der Waals surface area contributed by atoms with Gasteiger partial charge >= 0.3 is 29.6 Å². The molecule has 1 rings (SSSR count). The Morgan fingerprint density at radius 1 is 0.944 bits per heavy atom. The van der Waals surface area contributed by atoms with Crippen LogP contribution in [0.3, 0.4) is 0 Å². The minimum absolute atomic E-state index is 0. The van der Waals surface area contributed by atoms with Crippen molar-refractivity contribution in [3.63, 3.8) is 0 Å². The summed E-state index contributed by atoms with van der Waals surface area (Å²) in [5.74, 6) is -0.0968. The van der Waals surface area contributed by atoms with Crippen molar-refractivity contribution >= 4 is 86.1 Å². The van der Waals surface area contributed by atoms with Gasteiger partial charge in [0.2, 0.25) is 0 Å². The van der Waals surface area contributed by atoms with Crippen LogP contribution in [0.1, 0.15) is 25.3 Å². The molecule has 0 atom stereocenters. The van der Waals surface area contributed by atoms with Crippen molar-refractivity contribution in [2.75, 3.05) is 0 Å². The van der Waals surface area contributed by atoms with Crippen molar-refractivity contribution in [1.29, 1.82) is 0 Å². The summed E-state index contributed by atoms with van der Waals surface area (Å²) in [5, 5.41) is -0.702. The van der Waals surface area contributed by atoms with Gasteiger partial charge in [0.05, 0.1) is 20.1 Å². The summed E-state index contributed by atoms with van der Waals surface area (Å²) < 4.78 is 31.3. The molecule has 0 bridgehead atoms. The van der Waals surface area contributed by atoms with Gasteiger partial charge in [-0.05, 0) is 11.5 Å². The topological polar surface area (TPSA) is 54.4 Å². The van der Waals surface area contributed by atoms with E-state index in [4.69, 9.17) is 51.0 Å². The summed E-state index contributed by atoms with van der Waals surface area (Å²) in [4.78, 5) is -0.666. The fourth-order valence-electron chi connectivity index (χ4n) is 1.36. The van der Waals surface area contributed by atoms with E-state index < -0.39 is 15.0 Å². The first-order valence-electron chi connectivity index (χ1n) is 4.42. The summed E-state index contributed by atoms with van der Waals surface area (Å²) in [6.45, 7) is 3.60. The van der Waals surface area contributed by atoms with Crippen LogP contribution in [0.25, 0.3) is 0 Å². The Hall–Kier alpha value is 1.29. The van der Waals surface area contributed by atoms with Crippen LogP contribution in [0.4, 0.5) is 0 Å². The van der Waals surface area contributed by atoms with Crippen molar-refractivity contribution in [3.05, 3.63) is 25.7 Å². The standard InChI is InChI=1S/C9H8Cl4O3S.Na.H/c1-3(2)4-5(10)7(12)9(17(14,15)16)8(13)6(4)11;;/h3H,1-2H3,(H,14,15,16);;. The molecule has 1 aromatic carbocycles. The third kappa shape index (κ3) is 3.68. The predicted molar refractivity (Wildman–Crippen MR) is 77.5 cm³/mol. The molecule has 1 N–H and O–H groups in total. The Morgan fingerprint density at radius 2 is 1.28 bits per heavy atom. The molecule has 9 heteroatoms. The second-order valence-corrected chi connectivity index (χ2v) is 6.50. The van der Waals surface area contributed by atoms with E-state index in [1.807, 2.05) is 0 Å². The molecule has 0 saturated heterocycles. The molecule has 0 aliphatic heterocycles. The van der Waals surface area contributed by atoms with Gasteiger partial charge in [-0.1, -0.05) is 60.3 Å². The first-order valence-corrected chi connectivity index (χ1v) is 7.37. The van der Waals surface area contributed by atoms with Gasteiger partial charge in [-0.15, -0.1) is 0 Å². The second-order valence-electron chi connectivity index (χ2n) is 3.63. The SMILES string of the molecule is CC(C)c1c(Cl)c(Cl)c(S(=O)(=O)O)c(Cl)c1Cl.[NaH]. The number of hydrogen-bond acceptors (Lipinski definition) is 2. The summed E-state index contributed by atoms with van der Waals surface area (Å²) in [6.07, 6.45) is 0. The van der Waals surface area contributed by atoms with Gasteiger partial charge in [0.15, 0.2) is 0 Å². The number of halogens is 4. The van der Waals surface area contributed by atoms with Crippen LogP contribution >= 0.6 is 46.4 Å². The fourth-order valence-corrected chi connectivity index (χ4v) is 4.02. The molecule has 18 heavy (non-hydrogen) atoms. The van der Waals surface area contributed by atoms with E-state index in [2.05, 4.69) is 0 Å².